The Balaban J connectivity index is 1.75. The Hall–Kier alpha value is -2.50. The fourth-order valence-electron chi connectivity index (χ4n) is 4.02. The van der Waals surface area contributed by atoms with Crippen molar-refractivity contribution in [3.63, 3.8) is 0 Å². The second-order valence-corrected chi connectivity index (χ2v) is 7.63. The van der Waals surface area contributed by atoms with E-state index >= 15 is 0 Å². The number of aliphatic hydroxyl groups is 1. The largest absolute Gasteiger partial charge is 0.388 e. The number of nitrogens with zero attached hydrogens (tertiary/aromatic N) is 3. The van der Waals surface area contributed by atoms with Gasteiger partial charge in [-0.3, -0.25) is 0 Å². The van der Waals surface area contributed by atoms with Crippen LogP contribution >= 0.6 is 0 Å². The highest BCUT2D eigenvalue weighted by atomic mass is 19.1. The SMILES string of the molecule is CCC(O)c1ccc(-c2cc3ccccc3c(N3CCN(CC)CC3)n2)cc1F. The van der Waals surface area contributed by atoms with E-state index < -0.39 is 6.10 Å². The highest BCUT2D eigenvalue weighted by Crippen LogP contribution is 2.32. The first-order valence-electron chi connectivity index (χ1n) is 10.5. The molecule has 1 saturated heterocycles. The van der Waals surface area contributed by atoms with Crippen molar-refractivity contribution in [3.05, 3.63) is 59.9 Å². The van der Waals surface area contributed by atoms with Crippen LogP contribution in [0.25, 0.3) is 22.0 Å². The molecule has 152 valence electrons. The smallest absolute Gasteiger partial charge is 0.137 e. The number of hydrogen-bond acceptors (Lipinski definition) is 4. The molecule has 0 aliphatic carbocycles. The molecule has 4 rings (SSSR count). The van der Waals surface area contributed by atoms with Gasteiger partial charge in [-0.2, -0.15) is 0 Å². The number of hydrogen-bond donors (Lipinski definition) is 1. The Labute approximate surface area is 171 Å². The molecule has 1 fully saturated rings. The van der Waals surface area contributed by atoms with Crippen LogP contribution in [0.3, 0.4) is 0 Å². The Bertz CT molecular complexity index is 999. The average molecular weight is 394 g/mol. The molecular weight excluding hydrogens is 365 g/mol. The lowest BCUT2D eigenvalue weighted by Gasteiger charge is -2.35. The molecule has 1 unspecified atom stereocenters. The number of aliphatic hydroxyl groups excluding tert-OH is 1. The van der Waals surface area contributed by atoms with E-state index in [1.165, 1.54) is 6.07 Å². The van der Waals surface area contributed by atoms with Gasteiger partial charge in [0.25, 0.3) is 0 Å². The second-order valence-electron chi connectivity index (χ2n) is 7.63. The van der Waals surface area contributed by atoms with Crippen molar-refractivity contribution < 1.29 is 9.50 Å². The molecular formula is C24H28FN3O. The zero-order chi connectivity index (χ0) is 20.4. The molecule has 1 atom stereocenters. The second kappa shape index (κ2) is 8.47. The number of piperazine rings is 1. The van der Waals surface area contributed by atoms with Crippen molar-refractivity contribution in [1.29, 1.82) is 0 Å². The lowest BCUT2D eigenvalue weighted by atomic mass is 10.0. The number of halogens is 1. The molecule has 4 nitrogen and oxygen atoms in total. The first-order valence-corrected chi connectivity index (χ1v) is 10.5. The van der Waals surface area contributed by atoms with Crippen LogP contribution in [0.1, 0.15) is 31.9 Å². The minimum Gasteiger partial charge on any atom is -0.388 e. The minimum atomic E-state index is -0.779. The zero-order valence-corrected chi connectivity index (χ0v) is 17.1. The van der Waals surface area contributed by atoms with Crippen LogP contribution in [-0.4, -0.2) is 47.7 Å². The van der Waals surface area contributed by atoms with Crippen molar-refractivity contribution in [1.82, 2.24) is 9.88 Å². The van der Waals surface area contributed by atoms with E-state index in [9.17, 15) is 9.50 Å². The number of anilines is 1. The number of aromatic nitrogens is 1. The number of pyridine rings is 1. The topological polar surface area (TPSA) is 39.6 Å². The van der Waals surface area contributed by atoms with Crippen molar-refractivity contribution in [2.45, 2.75) is 26.4 Å². The summed E-state index contributed by atoms with van der Waals surface area (Å²) < 4.78 is 14.6. The summed E-state index contributed by atoms with van der Waals surface area (Å²) in [6.45, 7) is 9.01. The van der Waals surface area contributed by atoms with Crippen LogP contribution in [0.15, 0.2) is 48.5 Å². The number of likely N-dealkylation sites (N-methyl/N-ethyl adjacent to an activating group) is 1. The summed E-state index contributed by atoms with van der Waals surface area (Å²) >= 11 is 0. The highest BCUT2D eigenvalue weighted by Gasteiger charge is 2.20. The Morgan fingerprint density at radius 2 is 1.79 bits per heavy atom. The zero-order valence-electron chi connectivity index (χ0n) is 17.1. The van der Waals surface area contributed by atoms with Gasteiger partial charge in [-0.25, -0.2) is 9.37 Å². The van der Waals surface area contributed by atoms with Crippen LogP contribution in [0.2, 0.25) is 0 Å². The monoisotopic (exact) mass is 393 g/mol. The minimum absolute atomic E-state index is 0.341. The highest BCUT2D eigenvalue weighted by molar-refractivity contribution is 5.95. The van der Waals surface area contributed by atoms with Gasteiger partial charge in [0.2, 0.25) is 0 Å². The molecule has 2 aromatic carbocycles. The summed E-state index contributed by atoms with van der Waals surface area (Å²) in [7, 11) is 0. The van der Waals surface area contributed by atoms with E-state index in [1.54, 1.807) is 6.07 Å². The van der Waals surface area contributed by atoms with Gasteiger partial charge >= 0.3 is 0 Å². The fourth-order valence-corrected chi connectivity index (χ4v) is 4.02. The van der Waals surface area contributed by atoms with Gasteiger partial charge in [-0.1, -0.05) is 50.2 Å². The van der Waals surface area contributed by atoms with Gasteiger partial charge in [0.15, 0.2) is 0 Å². The van der Waals surface area contributed by atoms with Gasteiger partial charge in [0.1, 0.15) is 11.6 Å². The summed E-state index contributed by atoms with van der Waals surface area (Å²) in [5, 5.41) is 12.2. The lowest BCUT2D eigenvalue weighted by Crippen LogP contribution is -2.46. The van der Waals surface area contributed by atoms with Crippen LogP contribution in [-0.2, 0) is 0 Å². The molecule has 1 aromatic heterocycles. The predicted octanol–water partition coefficient (Wildman–Crippen LogP) is 4.63. The predicted molar refractivity (Wildman–Crippen MR) is 117 cm³/mol. The maximum absolute atomic E-state index is 14.6. The Kier molecular flexibility index (Phi) is 5.79. The molecule has 0 bridgehead atoms. The van der Waals surface area contributed by atoms with Crippen LogP contribution in [0.4, 0.5) is 10.2 Å². The molecule has 29 heavy (non-hydrogen) atoms. The van der Waals surface area contributed by atoms with Crippen molar-refractivity contribution in [2.24, 2.45) is 0 Å². The maximum Gasteiger partial charge on any atom is 0.137 e. The van der Waals surface area contributed by atoms with Crippen molar-refractivity contribution in [3.8, 4) is 11.3 Å². The van der Waals surface area contributed by atoms with Gasteiger partial charge in [-0.05, 0) is 30.5 Å². The van der Waals surface area contributed by atoms with Crippen LogP contribution < -0.4 is 4.90 Å². The first kappa shape index (κ1) is 19.8. The molecule has 1 aliphatic heterocycles. The Morgan fingerprint density at radius 3 is 2.48 bits per heavy atom. The quantitative estimate of drug-likeness (QED) is 0.686. The number of rotatable bonds is 5. The lowest BCUT2D eigenvalue weighted by molar-refractivity contribution is 0.169. The summed E-state index contributed by atoms with van der Waals surface area (Å²) in [6, 6.07) is 15.3. The molecule has 2 heterocycles. The third kappa shape index (κ3) is 3.98. The molecule has 0 radical (unpaired) electrons. The molecule has 1 aliphatic rings. The van der Waals surface area contributed by atoms with E-state index in [-0.39, 0.29) is 5.82 Å². The van der Waals surface area contributed by atoms with Crippen LogP contribution in [0, 0.1) is 5.82 Å². The summed E-state index contributed by atoms with van der Waals surface area (Å²) in [5.74, 6) is 0.580. The Morgan fingerprint density at radius 1 is 1.03 bits per heavy atom. The summed E-state index contributed by atoms with van der Waals surface area (Å²) in [6.07, 6.45) is -0.294. The van der Waals surface area contributed by atoms with Crippen LogP contribution in [0.5, 0.6) is 0 Å². The third-order valence-corrected chi connectivity index (χ3v) is 5.88. The van der Waals surface area contributed by atoms with E-state index in [0.29, 0.717) is 12.0 Å². The first-order chi connectivity index (χ1) is 14.1. The maximum atomic E-state index is 14.6. The molecule has 0 saturated carbocycles. The van der Waals surface area contributed by atoms with Gasteiger partial charge in [0, 0.05) is 42.7 Å². The standard InChI is InChI=1S/C24H28FN3O/c1-3-23(29)20-10-9-18(15-21(20)25)22-16-17-7-5-6-8-19(17)24(26-22)28-13-11-27(4-2)12-14-28/h5-10,15-16,23,29H,3-4,11-14H2,1-2H3. The number of benzene rings is 2. The van der Waals surface area contributed by atoms with Crippen molar-refractivity contribution in [2.75, 3.05) is 37.6 Å². The average Bonchev–Trinajstić information content (AvgIpc) is 2.77. The molecule has 0 spiro atoms. The van der Waals surface area contributed by atoms with Crippen molar-refractivity contribution >= 4 is 16.6 Å². The van der Waals surface area contributed by atoms with Gasteiger partial charge < -0.3 is 14.9 Å². The summed E-state index contributed by atoms with van der Waals surface area (Å²) in [4.78, 5) is 9.74. The number of fused-ring (bicyclic) bond motifs is 1. The molecule has 5 heteroatoms. The molecule has 3 aromatic rings. The van der Waals surface area contributed by atoms with Gasteiger partial charge in [0.05, 0.1) is 11.8 Å². The van der Waals surface area contributed by atoms with Gasteiger partial charge in [-0.15, -0.1) is 0 Å². The fraction of sp³-hybridized carbons (Fsp3) is 0.375. The van der Waals surface area contributed by atoms with E-state index in [1.807, 2.05) is 31.2 Å². The molecule has 0 amide bonds. The third-order valence-electron chi connectivity index (χ3n) is 5.88. The van der Waals surface area contributed by atoms with E-state index in [2.05, 4.69) is 28.9 Å². The van der Waals surface area contributed by atoms with E-state index in [0.717, 1.165) is 60.6 Å². The molecule has 1 N–H and O–H groups in total. The summed E-state index contributed by atoms with van der Waals surface area (Å²) in [5.41, 5.74) is 1.83. The van der Waals surface area contributed by atoms with E-state index in [4.69, 9.17) is 4.98 Å². The normalized spacial score (nSPS) is 16.3.